The van der Waals surface area contributed by atoms with E-state index in [9.17, 15) is 14.7 Å². The zero-order chi connectivity index (χ0) is 20.6. The summed E-state index contributed by atoms with van der Waals surface area (Å²) < 4.78 is 0. The van der Waals surface area contributed by atoms with Crippen LogP contribution in [0.2, 0.25) is 5.02 Å². The molecule has 0 bridgehead atoms. The van der Waals surface area contributed by atoms with Gasteiger partial charge in [0.05, 0.1) is 23.7 Å². The number of aliphatic hydroxyl groups is 1. The van der Waals surface area contributed by atoms with Crippen LogP contribution in [0.4, 0.5) is 5.69 Å². The van der Waals surface area contributed by atoms with Crippen molar-refractivity contribution in [3.05, 3.63) is 100 Å². The van der Waals surface area contributed by atoms with Crippen LogP contribution in [0, 0.1) is 6.92 Å². The number of amides is 1. The summed E-state index contributed by atoms with van der Waals surface area (Å²) in [5.41, 5.74) is 1.51. The third-order valence-electron chi connectivity index (χ3n) is 5.29. The first kappa shape index (κ1) is 19.4. The maximum Gasteiger partial charge on any atom is 0.264 e. The molecule has 1 heterocycles. The Balaban J connectivity index is 1.69. The van der Waals surface area contributed by atoms with E-state index in [2.05, 4.69) is 0 Å². The van der Waals surface area contributed by atoms with E-state index < -0.39 is 11.5 Å². The molecule has 0 saturated carbocycles. The van der Waals surface area contributed by atoms with E-state index in [4.69, 9.17) is 11.6 Å². The third-order valence-corrected chi connectivity index (χ3v) is 5.62. The van der Waals surface area contributed by atoms with Crippen LogP contribution in [0.25, 0.3) is 0 Å². The van der Waals surface area contributed by atoms with Gasteiger partial charge in [0.25, 0.3) is 5.91 Å². The standard InChI is InChI=1S/C24H20ClNO3/c1-16-10-12-17(13-11-16)15-26-21-9-5-3-7-19(21)24(29,23(26)28)14-22(27)18-6-2-4-8-20(18)25/h2-13,29H,14-15H2,1H3. The molecule has 1 amide bonds. The fourth-order valence-corrected chi connectivity index (χ4v) is 3.97. The second-order valence-electron chi connectivity index (χ2n) is 7.33. The Morgan fingerprint density at radius 1 is 1.00 bits per heavy atom. The molecular formula is C24H20ClNO3. The molecule has 0 aromatic heterocycles. The smallest absolute Gasteiger partial charge is 0.264 e. The fraction of sp³-hybridized carbons (Fsp3) is 0.167. The maximum atomic E-state index is 13.3. The van der Waals surface area contributed by atoms with Crippen molar-refractivity contribution in [2.45, 2.75) is 25.5 Å². The number of Topliss-reactive ketones (excluding diaryl/α,β-unsaturated/α-hetero) is 1. The van der Waals surface area contributed by atoms with Gasteiger partial charge in [-0.1, -0.05) is 71.8 Å². The maximum absolute atomic E-state index is 13.3. The average Bonchev–Trinajstić information content (AvgIpc) is 2.92. The largest absolute Gasteiger partial charge is 0.375 e. The number of fused-ring (bicyclic) bond motifs is 1. The number of carbonyl (C=O) groups is 2. The monoisotopic (exact) mass is 405 g/mol. The van der Waals surface area contributed by atoms with E-state index in [0.717, 1.165) is 11.1 Å². The van der Waals surface area contributed by atoms with Crippen molar-refractivity contribution in [2.24, 2.45) is 0 Å². The first-order valence-electron chi connectivity index (χ1n) is 9.37. The molecule has 1 atom stereocenters. The fourth-order valence-electron chi connectivity index (χ4n) is 3.73. The third kappa shape index (κ3) is 3.46. The molecule has 146 valence electrons. The average molecular weight is 406 g/mol. The van der Waals surface area contributed by atoms with Crippen molar-refractivity contribution in [1.82, 2.24) is 0 Å². The molecule has 29 heavy (non-hydrogen) atoms. The van der Waals surface area contributed by atoms with Crippen molar-refractivity contribution in [3.63, 3.8) is 0 Å². The summed E-state index contributed by atoms with van der Waals surface area (Å²) in [6.07, 6.45) is -0.364. The van der Waals surface area contributed by atoms with Gasteiger partial charge >= 0.3 is 0 Å². The molecule has 3 aromatic rings. The number of ketones is 1. The second-order valence-corrected chi connectivity index (χ2v) is 7.74. The molecule has 1 N–H and O–H groups in total. The van der Waals surface area contributed by atoms with Gasteiger partial charge in [-0.25, -0.2) is 0 Å². The van der Waals surface area contributed by atoms with Crippen molar-refractivity contribution < 1.29 is 14.7 Å². The molecule has 0 aliphatic carbocycles. The Bertz CT molecular complexity index is 1090. The quantitative estimate of drug-likeness (QED) is 0.628. The van der Waals surface area contributed by atoms with Gasteiger partial charge in [-0.15, -0.1) is 0 Å². The van der Waals surface area contributed by atoms with E-state index in [1.54, 1.807) is 47.4 Å². The highest BCUT2D eigenvalue weighted by Gasteiger charge is 2.50. The van der Waals surface area contributed by atoms with Crippen LogP contribution in [0.3, 0.4) is 0 Å². The van der Waals surface area contributed by atoms with Crippen LogP contribution < -0.4 is 4.90 Å². The Morgan fingerprint density at radius 2 is 1.66 bits per heavy atom. The lowest BCUT2D eigenvalue weighted by molar-refractivity contribution is -0.136. The number of carbonyl (C=O) groups excluding carboxylic acids is 2. The Kier molecular flexibility index (Phi) is 4.99. The minimum atomic E-state index is -1.92. The predicted octanol–water partition coefficient (Wildman–Crippen LogP) is 4.66. The summed E-state index contributed by atoms with van der Waals surface area (Å²) in [5.74, 6) is -0.877. The minimum Gasteiger partial charge on any atom is -0.375 e. The lowest BCUT2D eigenvalue weighted by Crippen LogP contribution is -2.41. The number of para-hydroxylation sites is 1. The van der Waals surface area contributed by atoms with Gasteiger partial charge in [0.1, 0.15) is 0 Å². The van der Waals surface area contributed by atoms with Crippen LogP contribution >= 0.6 is 11.6 Å². The van der Waals surface area contributed by atoms with E-state index in [1.165, 1.54) is 0 Å². The molecule has 5 heteroatoms. The Hall–Kier alpha value is -2.95. The summed E-state index contributed by atoms with van der Waals surface area (Å²) in [5, 5.41) is 11.7. The molecule has 1 aliphatic heterocycles. The van der Waals surface area contributed by atoms with Crippen LogP contribution in [0.5, 0.6) is 0 Å². The highest BCUT2D eigenvalue weighted by atomic mass is 35.5. The van der Waals surface area contributed by atoms with E-state index >= 15 is 0 Å². The molecule has 4 nitrogen and oxygen atoms in total. The highest BCUT2D eigenvalue weighted by molar-refractivity contribution is 6.34. The SMILES string of the molecule is Cc1ccc(CN2C(=O)C(O)(CC(=O)c3ccccc3Cl)c3ccccc32)cc1. The van der Waals surface area contributed by atoms with Crippen LogP contribution in [-0.2, 0) is 16.9 Å². The summed E-state index contributed by atoms with van der Waals surface area (Å²) in [6.45, 7) is 2.32. The van der Waals surface area contributed by atoms with Crippen LogP contribution in [-0.4, -0.2) is 16.8 Å². The van der Waals surface area contributed by atoms with Crippen molar-refractivity contribution in [2.75, 3.05) is 4.90 Å². The first-order chi connectivity index (χ1) is 13.9. The summed E-state index contributed by atoms with van der Waals surface area (Å²) in [4.78, 5) is 27.7. The zero-order valence-electron chi connectivity index (χ0n) is 15.9. The Labute approximate surface area is 174 Å². The number of halogens is 1. The first-order valence-corrected chi connectivity index (χ1v) is 9.75. The van der Waals surface area contributed by atoms with Crippen molar-refractivity contribution in [1.29, 1.82) is 0 Å². The van der Waals surface area contributed by atoms with Gasteiger partial charge in [0, 0.05) is 11.1 Å². The zero-order valence-corrected chi connectivity index (χ0v) is 16.7. The minimum absolute atomic E-state index is 0.296. The van der Waals surface area contributed by atoms with Gasteiger partial charge < -0.3 is 10.0 Å². The van der Waals surface area contributed by atoms with Crippen molar-refractivity contribution in [3.8, 4) is 0 Å². The van der Waals surface area contributed by atoms with Gasteiger partial charge in [-0.3, -0.25) is 9.59 Å². The van der Waals surface area contributed by atoms with Gasteiger partial charge in [-0.05, 0) is 30.7 Å². The molecule has 0 saturated heterocycles. The number of hydrogen-bond acceptors (Lipinski definition) is 3. The number of aryl methyl sites for hydroxylation is 1. The van der Waals surface area contributed by atoms with E-state index in [0.29, 0.717) is 28.4 Å². The van der Waals surface area contributed by atoms with Crippen LogP contribution in [0.1, 0.15) is 33.5 Å². The molecular weight excluding hydrogens is 386 g/mol. The summed E-state index contributed by atoms with van der Waals surface area (Å²) in [6, 6.07) is 21.6. The molecule has 1 unspecified atom stereocenters. The van der Waals surface area contributed by atoms with Gasteiger partial charge in [0.15, 0.2) is 11.4 Å². The number of benzene rings is 3. The van der Waals surface area contributed by atoms with Crippen LogP contribution in [0.15, 0.2) is 72.8 Å². The van der Waals surface area contributed by atoms with Gasteiger partial charge in [-0.2, -0.15) is 0 Å². The molecule has 0 radical (unpaired) electrons. The molecule has 0 fully saturated rings. The van der Waals surface area contributed by atoms with E-state index in [-0.39, 0.29) is 12.2 Å². The number of nitrogens with zero attached hydrogens (tertiary/aromatic N) is 1. The lowest BCUT2D eigenvalue weighted by atomic mass is 9.88. The second kappa shape index (κ2) is 7.47. The van der Waals surface area contributed by atoms with Gasteiger partial charge in [0.2, 0.25) is 0 Å². The molecule has 4 rings (SSSR count). The summed E-state index contributed by atoms with van der Waals surface area (Å²) in [7, 11) is 0. The molecule has 3 aromatic carbocycles. The topological polar surface area (TPSA) is 57.6 Å². The number of anilines is 1. The molecule has 0 spiro atoms. The van der Waals surface area contributed by atoms with E-state index in [1.807, 2.05) is 37.3 Å². The lowest BCUT2D eigenvalue weighted by Gasteiger charge is -2.23. The Morgan fingerprint density at radius 3 is 2.38 bits per heavy atom. The normalized spacial score (nSPS) is 18.0. The summed E-state index contributed by atoms with van der Waals surface area (Å²) >= 11 is 6.14. The number of hydrogen-bond donors (Lipinski definition) is 1. The molecule has 1 aliphatic rings. The number of rotatable bonds is 5. The highest BCUT2D eigenvalue weighted by Crippen LogP contribution is 2.43. The van der Waals surface area contributed by atoms with Crippen molar-refractivity contribution >= 4 is 29.0 Å². The predicted molar refractivity (Wildman–Crippen MR) is 113 cm³/mol.